The van der Waals surface area contributed by atoms with Gasteiger partial charge in [0.2, 0.25) is 5.91 Å². The van der Waals surface area contributed by atoms with Crippen LogP contribution in [0.15, 0.2) is 24.3 Å². The van der Waals surface area contributed by atoms with Crippen LogP contribution in [-0.2, 0) is 9.53 Å². The zero-order valence-corrected chi connectivity index (χ0v) is 16.8. The third kappa shape index (κ3) is 5.21. The van der Waals surface area contributed by atoms with Crippen molar-refractivity contribution < 1.29 is 14.3 Å². The molecule has 27 heavy (non-hydrogen) atoms. The van der Waals surface area contributed by atoms with Crippen LogP contribution in [0.5, 0.6) is 0 Å². The van der Waals surface area contributed by atoms with Crippen LogP contribution >= 0.6 is 12.4 Å². The first-order chi connectivity index (χ1) is 12.5. The van der Waals surface area contributed by atoms with Crippen LogP contribution in [0.25, 0.3) is 0 Å². The summed E-state index contributed by atoms with van der Waals surface area (Å²) in [6.45, 7) is 5.72. The van der Waals surface area contributed by atoms with Gasteiger partial charge in [-0.15, -0.1) is 12.4 Å². The Balaban J connectivity index is 0.00000261. The topological polar surface area (TPSA) is 84.7 Å². The lowest BCUT2D eigenvalue weighted by atomic mass is 9.95. The summed E-state index contributed by atoms with van der Waals surface area (Å²) in [5.74, 6) is 0.315. The molecule has 2 unspecified atom stereocenters. The van der Waals surface area contributed by atoms with Crippen molar-refractivity contribution in [3.63, 3.8) is 0 Å². The minimum Gasteiger partial charge on any atom is -0.372 e. The molecule has 0 aromatic heterocycles. The smallest absolute Gasteiger partial charge is 0.254 e. The molecule has 3 rings (SSSR count). The summed E-state index contributed by atoms with van der Waals surface area (Å²) in [6, 6.07) is 7.14. The van der Waals surface area contributed by atoms with E-state index in [1.807, 2.05) is 18.7 Å². The number of carbonyl (C=O) groups excluding carboxylic acids is 2. The predicted molar refractivity (Wildman–Crippen MR) is 108 cm³/mol. The van der Waals surface area contributed by atoms with E-state index in [9.17, 15) is 9.59 Å². The molecule has 7 heteroatoms. The van der Waals surface area contributed by atoms with Crippen molar-refractivity contribution in [1.82, 2.24) is 4.90 Å². The second-order valence-corrected chi connectivity index (χ2v) is 7.57. The van der Waals surface area contributed by atoms with E-state index in [1.165, 1.54) is 0 Å². The van der Waals surface area contributed by atoms with Crippen LogP contribution < -0.4 is 11.1 Å². The number of amides is 2. The largest absolute Gasteiger partial charge is 0.372 e. The number of ether oxygens (including phenoxy) is 1. The van der Waals surface area contributed by atoms with Crippen LogP contribution in [0.2, 0.25) is 0 Å². The molecule has 2 amide bonds. The van der Waals surface area contributed by atoms with E-state index in [4.69, 9.17) is 10.5 Å². The number of morpholine rings is 1. The van der Waals surface area contributed by atoms with Gasteiger partial charge in [-0.3, -0.25) is 9.59 Å². The molecule has 0 bridgehead atoms. The average Bonchev–Trinajstić information content (AvgIpc) is 3.10. The number of hydrogen-bond donors (Lipinski definition) is 2. The number of nitrogens with one attached hydrogen (secondary N) is 1. The van der Waals surface area contributed by atoms with Gasteiger partial charge in [0.25, 0.3) is 5.91 Å². The van der Waals surface area contributed by atoms with Gasteiger partial charge in [-0.25, -0.2) is 0 Å². The molecule has 1 saturated carbocycles. The monoisotopic (exact) mass is 395 g/mol. The number of anilines is 1. The summed E-state index contributed by atoms with van der Waals surface area (Å²) in [6.07, 6.45) is 3.08. The van der Waals surface area contributed by atoms with Gasteiger partial charge in [0, 0.05) is 30.3 Å². The molecule has 1 saturated heterocycles. The van der Waals surface area contributed by atoms with Crippen LogP contribution in [0.1, 0.15) is 43.5 Å². The molecule has 0 radical (unpaired) electrons. The molecule has 1 aliphatic carbocycles. The first kappa shape index (κ1) is 21.7. The van der Waals surface area contributed by atoms with Crippen molar-refractivity contribution in [2.75, 3.05) is 25.0 Å². The highest BCUT2D eigenvalue weighted by atomic mass is 35.5. The molecule has 150 valence electrons. The van der Waals surface area contributed by atoms with Crippen molar-refractivity contribution >= 4 is 29.9 Å². The first-order valence-corrected chi connectivity index (χ1v) is 9.53. The number of benzene rings is 1. The van der Waals surface area contributed by atoms with Gasteiger partial charge in [0.05, 0.1) is 12.2 Å². The van der Waals surface area contributed by atoms with Crippen molar-refractivity contribution in [3.05, 3.63) is 29.8 Å². The maximum absolute atomic E-state index is 12.7. The van der Waals surface area contributed by atoms with Gasteiger partial charge in [-0.1, -0.05) is 6.42 Å². The number of hydrogen-bond acceptors (Lipinski definition) is 4. The number of nitrogens with two attached hydrogens (primary N) is 1. The molecule has 1 aromatic rings. The lowest BCUT2D eigenvalue weighted by Crippen LogP contribution is -2.48. The summed E-state index contributed by atoms with van der Waals surface area (Å²) in [5.41, 5.74) is 7.12. The number of rotatable bonds is 4. The fourth-order valence-electron chi connectivity index (χ4n) is 4.12. The maximum Gasteiger partial charge on any atom is 0.254 e. The molecule has 4 atom stereocenters. The van der Waals surface area contributed by atoms with Gasteiger partial charge in [0.15, 0.2) is 0 Å². The summed E-state index contributed by atoms with van der Waals surface area (Å²) < 4.78 is 5.68. The van der Waals surface area contributed by atoms with Gasteiger partial charge < -0.3 is 20.7 Å². The van der Waals surface area contributed by atoms with Gasteiger partial charge >= 0.3 is 0 Å². The van der Waals surface area contributed by atoms with E-state index in [0.29, 0.717) is 25.2 Å². The summed E-state index contributed by atoms with van der Waals surface area (Å²) >= 11 is 0. The lowest BCUT2D eigenvalue weighted by Gasteiger charge is -2.35. The molecule has 0 spiro atoms. The van der Waals surface area contributed by atoms with E-state index in [1.54, 1.807) is 24.3 Å². The number of carbonyl (C=O) groups is 2. The van der Waals surface area contributed by atoms with E-state index in [2.05, 4.69) is 5.32 Å². The minimum atomic E-state index is -0.00219. The zero-order valence-electron chi connectivity index (χ0n) is 16.0. The molecule has 6 nitrogen and oxygen atoms in total. The minimum absolute atomic E-state index is 0. The Bertz CT molecular complexity index is 642. The second-order valence-electron chi connectivity index (χ2n) is 7.57. The fourth-order valence-corrected chi connectivity index (χ4v) is 4.12. The zero-order chi connectivity index (χ0) is 18.7. The predicted octanol–water partition coefficient (Wildman–Crippen LogP) is 2.67. The van der Waals surface area contributed by atoms with Crippen molar-refractivity contribution in [3.8, 4) is 0 Å². The highest BCUT2D eigenvalue weighted by Crippen LogP contribution is 2.31. The van der Waals surface area contributed by atoms with E-state index in [-0.39, 0.29) is 48.3 Å². The summed E-state index contributed by atoms with van der Waals surface area (Å²) in [4.78, 5) is 27.0. The third-order valence-electron chi connectivity index (χ3n) is 5.40. The van der Waals surface area contributed by atoms with Gasteiger partial charge in [-0.2, -0.15) is 0 Å². The standard InChI is InChI=1S/C20H29N3O3.ClH/c1-13-11-23(12-14(2)26-13)20(25)15-6-8-17(9-7-15)22-19(24)18-5-3-4-16(18)10-21;/h6-9,13-14,16,18H,3-5,10-12,21H2,1-2H3,(H,22,24);1H/t13?,14?,16-,18-;/m1./s1. The third-order valence-corrected chi connectivity index (χ3v) is 5.40. The molecule has 1 aromatic carbocycles. The maximum atomic E-state index is 12.7. The summed E-state index contributed by atoms with van der Waals surface area (Å²) in [5, 5.41) is 2.97. The molecule has 2 fully saturated rings. The van der Waals surface area contributed by atoms with Gasteiger partial charge in [0.1, 0.15) is 0 Å². The summed E-state index contributed by atoms with van der Waals surface area (Å²) in [7, 11) is 0. The Hall–Kier alpha value is -1.63. The molecular formula is C20H30ClN3O3. The quantitative estimate of drug-likeness (QED) is 0.820. The number of halogens is 1. The van der Waals surface area contributed by atoms with Crippen LogP contribution in [0.4, 0.5) is 5.69 Å². The molecular weight excluding hydrogens is 366 g/mol. The van der Waals surface area contributed by atoms with Crippen molar-refractivity contribution in [2.45, 2.75) is 45.3 Å². The normalized spacial score (nSPS) is 27.7. The van der Waals surface area contributed by atoms with E-state index in [0.717, 1.165) is 24.9 Å². The van der Waals surface area contributed by atoms with E-state index < -0.39 is 0 Å². The van der Waals surface area contributed by atoms with Crippen LogP contribution in [0.3, 0.4) is 0 Å². The van der Waals surface area contributed by atoms with E-state index >= 15 is 0 Å². The highest BCUT2D eigenvalue weighted by molar-refractivity contribution is 5.96. The van der Waals surface area contributed by atoms with Crippen LogP contribution in [0, 0.1) is 11.8 Å². The Labute approximate surface area is 167 Å². The molecule has 3 N–H and O–H groups in total. The Morgan fingerprint density at radius 1 is 1.15 bits per heavy atom. The SMILES string of the molecule is CC1CN(C(=O)c2ccc(NC(=O)[C@@H]3CCC[C@@H]3CN)cc2)CC(C)O1.Cl. The Kier molecular flexibility index (Phi) is 7.65. The fraction of sp³-hybridized carbons (Fsp3) is 0.600. The van der Waals surface area contributed by atoms with Crippen LogP contribution in [-0.4, -0.2) is 48.6 Å². The van der Waals surface area contributed by atoms with Crippen molar-refractivity contribution in [1.29, 1.82) is 0 Å². The highest BCUT2D eigenvalue weighted by Gasteiger charge is 2.32. The van der Waals surface area contributed by atoms with Crippen molar-refractivity contribution in [2.24, 2.45) is 17.6 Å². The second kappa shape index (κ2) is 9.53. The number of nitrogens with zero attached hydrogens (tertiary/aromatic N) is 1. The van der Waals surface area contributed by atoms with Gasteiger partial charge in [-0.05, 0) is 63.4 Å². The average molecular weight is 396 g/mol. The Morgan fingerprint density at radius 3 is 2.37 bits per heavy atom. The molecule has 1 aliphatic heterocycles. The Morgan fingerprint density at radius 2 is 1.78 bits per heavy atom. The molecule has 1 heterocycles. The first-order valence-electron chi connectivity index (χ1n) is 9.53. The molecule has 2 aliphatic rings. The lowest BCUT2D eigenvalue weighted by molar-refractivity contribution is -0.120.